The third-order valence-electron chi connectivity index (χ3n) is 2.32. The number of rotatable bonds is 4. The Hall–Kier alpha value is -0.390. The second kappa shape index (κ2) is 4.63. The fourth-order valence-corrected chi connectivity index (χ4v) is 4.55. The van der Waals surface area contributed by atoms with E-state index in [1.165, 1.54) is 15.6 Å². The zero-order valence-electron chi connectivity index (χ0n) is 9.57. The average molecular weight is 247 g/mol. The molecule has 0 aliphatic heterocycles. The number of hydrogen-bond acceptors (Lipinski definition) is 3. The average Bonchev–Trinajstić information content (AvgIpc) is 2.47. The van der Waals surface area contributed by atoms with Gasteiger partial charge in [-0.3, -0.25) is 0 Å². The molecule has 0 N–H and O–H groups in total. The van der Waals surface area contributed by atoms with Crippen molar-refractivity contribution in [2.24, 2.45) is 0 Å². The van der Waals surface area contributed by atoms with E-state index in [1.807, 2.05) is 27.7 Å². The van der Waals surface area contributed by atoms with Gasteiger partial charge in [-0.25, -0.2) is 8.42 Å². The summed E-state index contributed by atoms with van der Waals surface area (Å²) in [4.78, 5) is 2.38. The Balaban J connectivity index is 3.22. The molecule has 0 atom stereocenters. The van der Waals surface area contributed by atoms with Crippen LogP contribution >= 0.6 is 11.3 Å². The van der Waals surface area contributed by atoms with Gasteiger partial charge in [-0.1, -0.05) is 13.8 Å². The molecule has 0 amide bonds. The molecule has 0 aromatic carbocycles. The largest absolute Gasteiger partial charge is 0.244 e. The van der Waals surface area contributed by atoms with E-state index in [0.29, 0.717) is 18.0 Å². The van der Waals surface area contributed by atoms with Crippen molar-refractivity contribution in [3.63, 3.8) is 0 Å². The highest BCUT2D eigenvalue weighted by Gasteiger charge is 2.24. The number of hydrogen-bond donors (Lipinski definition) is 0. The van der Waals surface area contributed by atoms with Gasteiger partial charge in [-0.2, -0.15) is 4.31 Å². The highest BCUT2D eigenvalue weighted by Crippen LogP contribution is 2.27. The first-order chi connectivity index (χ1) is 6.93. The second-order valence-electron chi connectivity index (χ2n) is 3.37. The SMILES string of the molecule is CCN(CC)S(=O)(=O)c1cc(C)sc1C. The summed E-state index contributed by atoms with van der Waals surface area (Å²) in [6.45, 7) is 8.54. The Morgan fingerprint density at radius 2 is 1.80 bits per heavy atom. The zero-order chi connectivity index (χ0) is 11.6. The Labute approximate surface area is 95.8 Å². The standard InChI is InChI=1S/C10H17NO2S2/c1-5-11(6-2)15(12,13)10-7-8(3)14-9(10)4/h7H,5-6H2,1-4H3. The van der Waals surface area contributed by atoms with Crippen LogP contribution in [0.1, 0.15) is 23.6 Å². The first-order valence-electron chi connectivity index (χ1n) is 5.00. The fourth-order valence-electron chi connectivity index (χ4n) is 1.57. The van der Waals surface area contributed by atoms with Crippen LogP contribution in [-0.2, 0) is 10.0 Å². The van der Waals surface area contributed by atoms with Crippen molar-refractivity contribution in [2.75, 3.05) is 13.1 Å². The van der Waals surface area contributed by atoms with Gasteiger partial charge in [0.2, 0.25) is 10.0 Å². The molecule has 1 aromatic heterocycles. The molecule has 0 saturated heterocycles. The van der Waals surface area contributed by atoms with Gasteiger partial charge in [-0.05, 0) is 19.9 Å². The van der Waals surface area contributed by atoms with Crippen molar-refractivity contribution in [3.8, 4) is 0 Å². The van der Waals surface area contributed by atoms with Crippen molar-refractivity contribution in [2.45, 2.75) is 32.6 Å². The third kappa shape index (κ3) is 2.41. The Morgan fingerprint density at radius 3 is 2.13 bits per heavy atom. The molecule has 0 aliphatic rings. The van der Waals surface area contributed by atoms with Crippen molar-refractivity contribution >= 4 is 21.4 Å². The second-order valence-corrected chi connectivity index (χ2v) is 6.73. The van der Waals surface area contributed by atoms with E-state index < -0.39 is 10.0 Å². The molecular weight excluding hydrogens is 230 g/mol. The molecular formula is C10H17NO2S2. The summed E-state index contributed by atoms with van der Waals surface area (Å²) >= 11 is 1.53. The highest BCUT2D eigenvalue weighted by molar-refractivity contribution is 7.89. The molecule has 1 rings (SSSR count). The molecule has 86 valence electrons. The maximum atomic E-state index is 12.2. The lowest BCUT2D eigenvalue weighted by Gasteiger charge is -2.17. The van der Waals surface area contributed by atoms with Crippen LogP contribution in [0.2, 0.25) is 0 Å². The van der Waals surface area contributed by atoms with E-state index in [0.717, 1.165) is 9.75 Å². The van der Waals surface area contributed by atoms with Crippen molar-refractivity contribution < 1.29 is 8.42 Å². The summed E-state index contributed by atoms with van der Waals surface area (Å²) in [5.41, 5.74) is 0. The fraction of sp³-hybridized carbons (Fsp3) is 0.600. The van der Waals surface area contributed by atoms with E-state index in [9.17, 15) is 8.42 Å². The minimum Gasteiger partial charge on any atom is -0.207 e. The molecule has 0 unspecified atom stereocenters. The molecule has 0 saturated carbocycles. The van der Waals surface area contributed by atoms with E-state index in [-0.39, 0.29) is 0 Å². The van der Waals surface area contributed by atoms with E-state index in [4.69, 9.17) is 0 Å². The number of aryl methyl sites for hydroxylation is 2. The summed E-state index contributed by atoms with van der Waals surface area (Å²) in [7, 11) is -3.27. The lowest BCUT2D eigenvalue weighted by atomic mass is 10.4. The first-order valence-corrected chi connectivity index (χ1v) is 7.26. The third-order valence-corrected chi connectivity index (χ3v) is 5.59. The van der Waals surface area contributed by atoms with Gasteiger partial charge in [-0.15, -0.1) is 11.3 Å². The Morgan fingerprint density at radius 1 is 1.27 bits per heavy atom. The van der Waals surface area contributed by atoms with Crippen molar-refractivity contribution in [1.82, 2.24) is 4.31 Å². The van der Waals surface area contributed by atoms with Crippen LogP contribution < -0.4 is 0 Å². The molecule has 0 spiro atoms. The molecule has 0 fully saturated rings. The summed E-state index contributed by atoms with van der Waals surface area (Å²) in [5.74, 6) is 0. The highest BCUT2D eigenvalue weighted by atomic mass is 32.2. The molecule has 1 aromatic rings. The van der Waals surface area contributed by atoms with Crippen LogP contribution in [0.15, 0.2) is 11.0 Å². The predicted octanol–water partition coefficient (Wildman–Crippen LogP) is 2.40. The number of thiophene rings is 1. The summed E-state index contributed by atoms with van der Waals surface area (Å²) in [6.07, 6.45) is 0. The minimum absolute atomic E-state index is 0.466. The van der Waals surface area contributed by atoms with Gasteiger partial charge in [0.1, 0.15) is 0 Å². The Bertz CT molecular complexity index is 430. The van der Waals surface area contributed by atoms with Gasteiger partial charge in [0.15, 0.2) is 0 Å². The lowest BCUT2D eigenvalue weighted by Crippen LogP contribution is -2.30. The van der Waals surface area contributed by atoms with Gasteiger partial charge in [0.25, 0.3) is 0 Å². The minimum atomic E-state index is -3.27. The molecule has 3 nitrogen and oxygen atoms in total. The lowest BCUT2D eigenvalue weighted by molar-refractivity contribution is 0.445. The normalized spacial score (nSPS) is 12.3. The van der Waals surface area contributed by atoms with E-state index in [1.54, 1.807) is 6.07 Å². The first kappa shape index (κ1) is 12.7. The monoisotopic (exact) mass is 247 g/mol. The smallest absolute Gasteiger partial charge is 0.207 e. The summed E-state index contributed by atoms with van der Waals surface area (Å²) < 4.78 is 25.8. The Kier molecular flexibility index (Phi) is 3.92. The van der Waals surface area contributed by atoms with Crippen LogP contribution in [0.4, 0.5) is 0 Å². The molecule has 0 aliphatic carbocycles. The molecule has 0 bridgehead atoms. The van der Waals surface area contributed by atoms with E-state index >= 15 is 0 Å². The van der Waals surface area contributed by atoms with Crippen LogP contribution in [0.5, 0.6) is 0 Å². The van der Waals surface area contributed by atoms with Crippen molar-refractivity contribution in [1.29, 1.82) is 0 Å². The molecule has 0 radical (unpaired) electrons. The van der Waals surface area contributed by atoms with Gasteiger partial charge < -0.3 is 0 Å². The summed E-state index contributed by atoms with van der Waals surface area (Å²) in [5, 5.41) is 0. The van der Waals surface area contributed by atoms with Crippen LogP contribution in [0, 0.1) is 13.8 Å². The van der Waals surface area contributed by atoms with Crippen LogP contribution in [-0.4, -0.2) is 25.8 Å². The molecule has 5 heteroatoms. The number of sulfonamides is 1. The van der Waals surface area contributed by atoms with E-state index in [2.05, 4.69) is 0 Å². The molecule has 15 heavy (non-hydrogen) atoms. The molecule has 1 heterocycles. The summed E-state index contributed by atoms with van der Waals surface area (Å²) in [6, 6.07) is 1.76. The van der Waals surface area contributed by atoms with Crippen LogP contribution in [0.3, 0.4) is 0 Å². The van der Waals surface area contributed by atoms with Gasteiger partial charge in [0.05, 0.1) is 4.90 Å². The maximum Gasteiger partial charge on any atom is 0.244 e. The van der Waals surface area contributed by atoms with Crippen molar-refractivity contribution in [3.05, 3.63) is 15.8 Å². The quantitative estimate of drug-likeness (QED) is 0.819. The predicted molar refractivity (Wildman–Crippen MR) is 63.9 cm³/mol. The maximum absolute atomic E-state index is 12.2. The van der Waals surface area contributed by atoms with Crippen LogP contribution in [0.25, 0.3) is 0 Å². The topological polar surface area (TPSA) is 37.4 Å². The van der Waals surface area contributed by atoms with Gasteiger partial charge in [0, 0.05) is 22.8 Å². The number of nitrogens with zero attached hydrogens (tertiary/aromatic N) is 1. The zero-order valence-corrected chi connectivity index (χ0v) is 11.2. The van der Waals surface area contributed by atoms with Gasteiger partial charge >= 0.3 is 0 Å².